The molecule has 0 saturated heterocycles. The highest BCUT2D eigenvalue weighted by molar-refractivity contribution is 14.1. The Morgan fingerprint density at radius 1 is 1.21 bits per heavy atom. The van der Waals surface area contributed by atoms with Crippen LogP contribution in [0, 0.1) is 3.57 Å². The molecule has 0 amide bonds. The Bertz CT molecular complexity index is 506. The largest absolute Gasteiger partial charge is 0.383 e. The highest BCUT2D eigenvalue weighted by atomic mass is 127. The molecule has 0 aliphatic carbocycles. The second kappa shape index (κ2) is 6.51. The zero-order chi connectivity index (χ0) is 14.7. The highest BCUT2D eigenvalue weighted by Crippen LogP contribution is 2.24. The Morgan fingerprint density at radius 3 is 2.16 bits per heavy atom. The van der Waals surface area contributed by atoms with E-state index in [1.54, 1.807) is 31.4 Å². The molecule has 0 fully saturated rings. The molecule has 0 bridgehead atoms. The first-order valence-corrected chi connectivity index (χ1v) is 8.49. The van der Waals surface area contributed by atoms with Gasteiger partial charge in [-0.3, -0.25) is 0 Å². The van der Waals surface area contributed by atoms with Gasteiger partial charge in [0.2, 0.25) is 10.0 Å². The highest BCUT2D eigenvalue weighted by Gasteiger charge is 2.33. The predicted octanol–water partition coefficient (Wildman–Crippen LogP) is 2.73. The van der Waals surface area contributed by atoms with E-state index >= 15 is 0 Å². The molecule has 19 heavy (non-hydrogen) atoms. The van der Waals surface area contributed by atoms with Gasteiger partial charge in [0.05, 0.1) is 11.5 Å². The summed E-state index contributed by atoms with van der Waals surface area (Å²) in [7, 11) is -1.93. The predicted molar refractivity (Wildman–Crippen MR) is 84.7 cm³/mol. The van der Waals surface area contributed by atoms with Crippen LogP contribution in [0.3, 0.4) is 0 Å². The number of methoxy groups -OCH3 is 1. The summed E-state index contributed by atoms with van der Waals surface area (Å²) in [6.45, 7) is 6.36. The van der Waals surface area contributed by atoms with Gasteiger partial charge in [-0.1, -0.05) is 0 Å². The normalized spacial score (nSPS) is 12.9. The fraction of sp³-hybridized carbons (Fsp3) is 0.538. The average Bonchev–Trinajstić information content (AvgIpc) is 2.28. The fourth-order valence-electron chi connectivity index (χ4n) is 1.72. The average molecular weight is 397 g/mol. The maximum Gasteiger partial charge on any atom is 0.243 e. The summed E-state index contributed by atoms with van der Waals surface area (Å²) in [5.41, 5.74) is -0.486. The number of hydrogen-bond acceptors (Lipinski definition) is 3. The van der Waals surface area contributed by atoms with Crippen LogP contribution in [0.15, 0.2) is 29.2 Å². The lowest BCUT2D eigenvalue weighted by Gasteiger charge is -2.34. The van der Waals surface area contributed by atoms with Crippen molar-refractivity contribution in [2.75, 3.05) is 20.3 Å². The molecule has 0 radical (unpaired) electrons. The Hall–Kier alpha value is -0.180. The molecule has 6 heteroatoms. The Kier molecular flexibility index (Phi) is 5.78. The maximum absolute atomic E-state index is 12.7. The van der Waals surface area contributed by atoms with E-state index in [0.29, 0.717) is 18.0 Å². The molecule has 4 nitrogen and oxygen atoms in total. The van der Waals surface area contributed by atoms with Gasteiger partial charge >= 0.3 is 0 Å². The third kappa shape index (κ3) is 4.40. The molecule has 0 heterocycles. The van der Waals surface area contributed by atoms with Crippen molar-refractivity contribution in [3.8, 4) is 0 Å². The van der Waals surface area contributed by atoms with Crippen molar-refractivity contribution < 1.29 is 13.2 Å². The van der Waals surface area contributed by atoms with E-state index in [0.717, 1.165) is 3.57 Å². The van der Waals surface area contributed by atoms with Crippen LogP contribution in [-0.4, -0.2) is 38.5 Å². The first-order chi connectivity index (χ1) is 8.69. The van der Waals surface area contributed by atoms with Crippen LogP contribution in [0.2, 0.25) is 0 Å². The van der Waals surface area contributed by atoms with Crippen molar-refractivity contribution >= 4 is 32.6 Å². The van der Waals surface area contributed by atoms with Gasteiger partial charge in [0.1, 0.15) is 0 Å². The van der Waals surface area contributed by atoms with Gasteiger partial charge in [-0.2, -0.15) is 4.31 Å². The Balaban J connectivity index is 3.16. The molecule has 0 unspecified atom stereocenters. The van der Waals surface area contributed by atoms with Gasteiger partial charge in [-0.05, 0) is 67.6 Å². The molecular weight excluding hydrogens is 377 g/mol. The van der Waals surface area contributed by atoms with Crippen LogP contribution in [0.4, 0.5) is 0 Å². The van der Waals surface area contributed by atoms with Gasteiger partial charge in [-0.15, -0.1) is 0 Å². The van der Waals surface area contributed by atoms with Gasteiger partial charge < -0.3 is 4.74 Å². The van der Waals surface area contributed by atoms with Crippen molar-refractivity contribution in [3.63, 3.8) is 0 Å². The first kappa shape index (κ1) is 16.9. The lowest BCUT2D eigenvalue weighted by atomic mass is 10.1. The van der Waals surface area contributed by atoms with Crippen molar-refractivity contribution in [1.29, 1.82) is 0 Å². The topological polar surface area (TPSA) is 46.6 Å². The van der Waals surface area contributed by atoms with Crippen molar-refractivity contribution in [1.82, 2.24) is 4.31 Å². The Labute approximate surface area is 129 Å². The summed E-state index contributed by atoms with van der Waals surface area (Å²) in [6, 6.07) is 6.88. The molecule has 0 spiro atoms. The second-order valence-corrected chi connectivity index (χ2v) is 8.30. The number of ether oxygens (including phenoxy) is 1. The zero-order valence-corrected chi connectivity index (χ0v) is 14.7. The maximum atomic E-state index is 12.7. The summed E-state index contributed by atoms with van der Waals surface area (Å²) in [6.07, 6.45) is 0. The van der Waals surface area contributed by atoms with E-state index in [4.69, 9.17) is 4.74 Å². The van der Waals surface area contributed by atoms with Crippen LogP contribution in [0.1, 0.15) is 20.8 Å². The van der Waals surface area contributed by atoms with Crippen LogP contribution in [-0.2, 0) is 14.8 Å². The van der Waals surface area contributed by atoms with Crippen molar-refractivity contribution in [3.05, 3.63) is 27.8 Å². The minimum atomic E-state index is -3.50. The summed E-state index contributed by atoms with van der Waals surface area (Å²) in [4.78, 5) is 0.318. The monoisotopic (exact) mass is 397 g/mol. The third-order valence-electron chi connectivity index (χ3n) is 2.65. The minimum Gasteiger partial charge on any atom is -0.383 e. The van der Waals surface area contributed by atoms with Crippen LogP contribution in [0.5, 0.6) is 0 Å². The smallest absolute Gasteiger partial charge is 0.243 e. The molecular formula is C13H20INO3S. The number of benzene rings is 1. The van der Waals surface area contributed by atoms with E-state index in [2.05, 4.69) is 22.6 Å². The number of halogens is 1. The Morgan fingerprint density at radius 2 is 1.74 bits per heavy atom. The van der Waals surface area contributed by atoms with E-state index in [1.807, 2.05) is 20.8 Å². The van der Waals surface area contributed by atoms with E-state index in [-0.39, 0.29) is 0 Å². The van der Waals surface area contributed by atoms with E-state index in [9.17, 15) is 8.42 Å². The molecule has 1 rings (SSSR count). The van der Waals surface area contributed by atoms with Gasteiger partial charge in [0.25, 0.3) is 0 Å². The second-order valence-electron chi connectivity index (χ2n) is 5.19. The first-order valence-electron chi connectivity index (χ1n) is 5.97. The molecule has 1 aromatic rings. The fourth-order valence-corrected chi connectivity index (χ4v) is 3.85. The molecule has 0 saturated carbocycles. The van der Waals surface area contributed by atoms with E-state index in [1.165, 1.54) is 4.31 Å². The van der Waals surface area contributed by atoms with Gasteiger partial charge in [-0.25, -0.2) is 8.42 Å². The molecule has 0 aliphatic heterocycles. The molecule has 0 aliphatic rings. The summed E-state index contributed by atoms with van der Waals surface area (Å²) in [5.74, 6) is 0. The summed E-state index contributed by atoms with van der Waals surface area (Å²) < 4.78 is 32.8. The summed E-state index contributed by atoms with van der Waals surface area (Å²) in [5, 5.41) is 0. The van der Waals surface area contributed by atoms with Gasteiger partial charge in [0, 0.05) is 22.8 Å². The summed E-state index contributed by atoms with van der Waals surface area (Å²) >= 11 is 2.15. The number of rotatable bonds is 5. The lowest BCUT2D eigenvalue weighted by molar-refractivity contribution is 0.148. The molecule has 0 atom stereocenters. The zero-order valence-electron chi connectivity index (χ0n) is 11.7. The standard InChI is InChI=1S/C13H20INO3S/c1-13(2,3)15(9-10-18-4)19(16,17)12-7-5-11(14)6-8-12/h5-8H,9-10H2,1-4H3. The molecule has 1 aromatic carbocycles. The van der Waals surface area contributed by atoms with Crippen molar-refractivity contribution in [2.24, 2.45) is 0 Å². The third-order valence-corrected chi connectivity index (χ3v) is 5.55. The lowest BCUT2D eigenvalue weighted by Crippen LogP contribution is -2.47. The number of sulfonamides is 1. The number of hydrogen-bond donors (Lipinski definition) is 0. The van der Waals surface area contributed by atoms with Crippen LogP contribution >= 0.6 is 22.6 Å². The molecule has 108 valence electrons. The van der Waals surface area contributed by atoms with Crippen LogP contribution < -0.4 is 0 Å². The number of nitrogens with zero attached hydrogens (tertiary/aromatic N) is 1. The van der Waals surface area contributed by atoms with Crippen LogP contribution in [0.25, 0.3) is 0 Å². The van der Waals surface area contributed by atoms with Crippen molar-refractivity contribution in [2.45, 2.75) is 31.2 Å². The minimum absolute atomic E-state index is 0.318. The van der Waals surface area contributed by atoms with Gasteiger partial charge in [0.15, 0.2) is 0 Å². The molecule has 0 aromatic heterocycles. The van der Waals surface area contributed by atoms with E-state index < -0.39 is 15.6 Å². The molecule has 0 N–H and O–H groups in total. The SMILES string of the molecule is COCCN(C(C)(C)C)S(=O)(=O)c1ccc(I)cc1. The quantitative estimate of drug-likeness (QED) is 0.718.